The van der Waals surface area contributed by atoms with E-state index in [-0.39, 0.29) is 0 Å². The Morgan fingerprint density at radius 3 is 2.74 bits per heavy atom. The summed E-state index contributed by atoms with van der Waals surface area (Å²) in [6.07, 6.45) is 3.84. The van der Waals surface area contributed by atoms with Gasteiger partial charge in [-0.2, -0.15) is 0 Å². The lowest BCUT2D eigenvalue weighted by atomic mass is 10.1. The summed E-state index contributed by atoms with van der Waals surface area (Å²) in [6.45, 7) is 1.03. The predicted molar refractivity (Wildman–Crippen MR) is 71.9 cm³/mol. The molecule has 2 amide bonds. The second-order valence-electron chi connectivity index (χ2n) is 4.18. The van der Waals surface area contributed by atoms with Crippen LogP contribution in [0.1, 0.15) is 5.69 Å². The van der Waals surface area contributed by atoms with Crippen molar-refractivity contribution >= 4 is 23.2 Å². The molecular weight excluding hydrogens is 264 g/mol. The number of carbonyl (C=O) groups is 2. The van der Waals surface area contributed by atoms with Crippen molar-refractivity contribution in [1.29, 1.82) is 0 Å². The number of thiazole rings is 1. The third-order valence-electron chi connectivity index (χ3n) is 2.76. The minimum absolute atomic E-state index is 0.290. The first kappa shape index (κ1) is 13.3. The Morgan fingerprint density at radius 1 is 1.37 bits per heavy atom. The van der Waals surface area contributed by atoms with Crippen molar-refractivity contribution in [3.8, 4) is 0 Å². The zero-order chi connectivity index (χ0) is 13.8. The minimum atomic E-state index is -0.572. The fourth-order valence-electron chi connectivity index (χ4n) is 1.78. The van der Waals surface area contributed by atoms with Crippen LogP contribution in [-0.2, 0) is 16.0 Å². The summed E-state index contributed by atoms with van der Waals surface area (Å²) < 4.78 is 0. The largest absolute Gasteiger partial charge is 0.372 e. The Bertz CT molecular complexity index is 548. The van der Waals surface area contributed by atoms with Gasteiger partial charge in [0.1, 0.15) is 0 Å². The van der Waals surface area contributed by atoms with Crippen LogP contribution in [0.25, 0.3) is 0 Å². The van der Waals surface area contributed by atoms with Crippen LogP contribution in [0.4, 0.5) is 0 Å². The van der Waals surface area contributed by atoms with Crippen LogP contribution in [-0.4, -0.2) is 34.8 Å². The number of primary amides is 2. The van der Waals surface area contributed by atoms with Crippen molar-refractivity contribution in [2.75, 3.05) is 13.1 Å². The molecule has 0 unspecified atom stereocenters. The molecule has 0 aromatic carbocycles. The van der Waals surface area contributed by atoms with Gasteiger partial charge in [-0.05, 0) is 6.08 Å². The number of carbonyl (C=O) groups excluding carboxylic acids is 2. The van der Waals surface area contributed by atoms with Crippen LogP contribution in [0.5, 0.6) is 0 Å². The Balaban J connectivity index is 2.07. The molecule has 1 aromatic rings. The van der Waals surface area contributed by atoms with E-state index in [0.717, 1.165) is 12.1 Å². The van der Waals surface area contributed by atoms with Gasteiger partial charge in [-0.25, -0.2) is 4.98 Å². The molecule has 100 valence electrons. The molecule has 2 heterocycles. The van der Waals surface area contributed by atoms with E-state index in [4.69, 9.17) is 11.5 Å². The first-order valence-electron chi connectivity index (χ1n) is 5.69. The molecule has 19 heavy (non-hydrogen) atoms. The summed E-state index contributed by atoms with van der Waals surface area (Å²) in [4.78, 5) is 28.5. The number of aromatic nitrogens is 1. The first-order chi connectivity index (χ1) is 9.06. The number of nitrogens with zero attached hydrogens (tertiary/aromatic N) is 2. The highest BCUT2D eigenvalue weighted by molar-refractivity contribution is 7.07. The number of nitrogens with two attached hydrogens (primary N) is 2. The van der Waals surface area contributed by atoms with Crippen LogP contribution in [0.2, 0.25) is 0 Å². The molecule has 0 bridgehead atoms. The van der Waals surface area contributed by atoms with Crippen LogP contribution in [0, 0.1) is 0 Å². The van der Waals surface area contributed by atoms with Crippen molar-refractivity contribution in [2.24, 2.45) is 11.5 Å². The fraction of sp³-hybridized carbons (Fsp3) is 0.250. The van der Waals surface area contributed by atoms with Gasteiger partial charge in [-0.3, -0.25) is 9.59 Å². The smallest absolute Gasteiger partial charge is 0.250 e. The van der Waals surface area contributed by atoms with Crippen molar-refractivity contribution in [1.82, 2.24) is 9.88 Å². The molecule has 7 heteroatoms. The van der Waals surface area contributed by atoms with Gasteiger partial charge in [0.05, 0.1) is 16.8 Å². The molecule has 0 radical (unpaired) electrons. The van der Waals surface area contributed by atoms with E-state index >= 15 is 0 Å². The average molecular weight is 278 g/mol. The highest BCUT2D eigenvalue weighted by Crippen LogP contribution is 2.14. The highest BCUT2D eigenvalue weighted by atomic mass is 32.1. The second kappa shape index (κ2) is 5.66. The molecule has 0 saturated heterocycles. The molecule has 4 N–H and O–H groups in total. The highest BCUT2D eigenvalue weighted by Gasteiger charge is 2.18. The maximum atomic E-state index is 11.2. The van der Waals surface area contributed by atoms with Crippen molar-refractivity contribution < 1.29 is 9.59 Å². The van der Waals surface area contributed by atoms with Crippen LogP contribution in [0.15, 0.2) is 34.3 Å². The van der Waals surface area contributed by atoms with Gasteiger partial charge in [0.15, 0.2) is 0 Å². The van der Waals surface area contributed by atoms with Gasteiger partial charge < -0.3 is 16.4 Å². The molecule has 0 aliphatic carbocycles. The predicted octanol–water partition coefficient (Wildman–Crippen LogP) is -0.218. The monoisotopic (exact) mass is 278 g/mol. The third kappa shape index (κ3) is 3.41. The van der Waals surface area contributed by atoms with E-state index in [2.05, 4.69) is 4.98 Å². The van der Waals surface area contributed by atoms with Gasteiger partial charge in [-0.1, -0.05) is 0 Å². The maximum absolute atomic E-state index is 11.2. The quantitative estimate of drug-likeness (QED) is 0.777. The van der Waals surface area contributed by atoms with Gasteiger partial charge >= 0.3 is 0 Å². The molecule has 1 aromatic heterocycles. The normalized spacial score (nSPS) is 14.8. The number of rotatable bonds is 5. The number of amides is 2. The van der Waals surface area contributed by atoms with Gasteiger partial charge in [-0.15, -0.1) is 11.3 Å². The lowest BCUT2D eigenvalue weighted by Crippen LogP contribution is -2.33. The Morgan fingerprint density at radius 2 is 2.16 bits per heavy atom. The van der Waals surface area contributed by atoms with Gasteiger partial charge in [0.25, 0.3) is 0 Å². The average Bonchev–Trinajstić information content (AvgIpc) is 2.89. The molecule has 2 rings (SSSR count). The molecule has 1 aliphatic rings. The van der Waals surface area contributed by atoms with Crippen LogP contribution < -0.4 is 11.5 Å². The second-order valence-corrected chi connectivity index (χ2v) is 4.90. The summed E-state index contributed by atoms with van der Waals surface area (Å²) >= 11 is 1.53. The topological polar surface area (TPSA) is 102 Å². The lowest BCUT2D eigenvalue weighted by molar-refractivity contribution is -0.114. The molecule has 6 nitrogen and oxygen atoms in total. The molecule has 0 atom stereocenters. The summed E-state index contributed by atoms with van der Waals surface area (Å²) in [7, 11) is 0. The fourth-order valence-corrected chi connectivity index (χ4v) is 2.37. The number of hydrogen-bond acceptors (Lipinski definition) is 5. The maximum Gasteiger partial charge on any atom is 0.250 e. The minimum Gasteiger partial charge on any atom is -0.372 e. The molecule has 0 saturated carbocycles. The van der Waals surface area contributed by atoms with E-state index in [9.17, 15) is 9.59 Å². The molecular formula is C12H14N4O2S. The van der Waals surface area contributed by atoms with E-state index in [1.807, 2.05) is 10.3 Å². The van der Waals surface area contributed by atoms with E-state index in [1.54, 1.807) is 11.7 Å². The summed E-state index contributed by atoms with van der Waals surface area (Å²) in [5.74, 6) is -1.11. The van der Waals surface area contributed by atoms with E-state index in [1.165, 1.54) is 17.4 Å². The summed E-state index contributed by atoms with van der Waals surface area (Å²) in [5.41, 5.74) is 13.9. The molecule has 0 spiro atoms. The van der Waals surface area contributed by atoms with Crippen LogP contribution in [0.3, 0.4) is 0 Å². The Labute approximate surface area is 114 Å². The van der Waals surface area contributed by atoms with Crippen molar-refractivity contribution in [3.05, 3.63) is 40.0 Å². The molecule has 1 aliphatic heterocycles. The van der Waals surface area contributed by atoms with Gasteiger partial charge in [0.2, 0.25) is 11.8 Å². The Hall–Kier alpha value is -2.15. The Kier molecular flexibility index (Phi) is 3.96. The zero-order valence-corrected chi connectivity index (χ0v) is 11.0. The van der Waals surface area contributed by atoms with E-state index in [0.29, 0.717) is 24.2 Å². The van der Waals surface area contributed by atoms with E-state index < -0.39 is 11.8 Å². The van der Waals surface area contributed by atoms with Gasteiger partial charge in [0, 0.05) is 36.7 Å². The SMILES string of the molecule is NC(=O)C1=CN(CCc2cscn2)CC(C(N)=O)=C1. The summed E-state index contributed by atoms with van der Waals surface area (Å²) in [5, 5.41) is 1.97. The first-order valence-corrected chi connectivity index (χ1v) is 6.63. The standard InChI is InChI=1S/C12H14N4O2S/c13-11(17)8-3-9(12(14)18)5-16(4-8)2-1-10-6-19-7-15-10/h3-4,6-7H,1-2,5H2,(H2,13,17)(H2,14,18). The van der Waals surface area contributed by atoms with Crippen molar-refractivity contribution in [2.45, 2.75) is 6.42 Å². The lowest BCUT2D eigenvalue weighted by Gasteiger charge is -2.25. The van der Waals surface area contributed by atoms with Crippen molar-refractivity contribution in [3.63, 3.8) is 0 Å². The van der Waals surface area contributed by atoms with Crippen LogP contribution >= 0.6 is 11.3 Å². The zero-order valence-electron chi connectivity index (χ0n) is 10.2. The summed E-state index contributed by atoms with van der Waals surface area (Å²) in [6, 6.07) is 0. The molecule has 0 fully saturated rings. The number of hydrogen-bond donors (Lipinski definition) is 2. The third-order valence-corrected chi connectivity index (χ3v) is 3.40.